The number of aryl methyl sites for hydroxylation is 1. The van der Waals surface area contributed by atoms with Crippen molar-refractivity contribution >= 4 is 17.5 Å². The summed E-state index contributed by atoms with van der Waals surface area (Å²) in [5.74, 6) is -0.173. The Morgan fingerprint density at radius 1 is 1.60 bits per heavy atom. The van der Waals surface area contributed by atoms with Crippen LogP contribution in [0.2, 0.25) is 5.15 Å². The van der Waals surface area contributed by atoms with Gasteiger partial charge in [0.25, 0.3) is 5.91 Å². The first-order valence-electron chi connectivity index (χ1n) is 6.20. The SMILES string of the molecule is CC(CCc1ccco1)NC(=O)c1cc(F)cnc1Cl. The van der Waals surface area contributed by atoms with Crippen molar-refractivity contribution in [1.29, 1.82) is 0 Å². The summed E-state index contributed by atoms with van der Waals surface area (Å²) in [5, 5.41) is 2.74. The van der Waals surface area contributed by atoms with Gasteiger partial charge in [0.15, 0.2) is 0 Å². The second-order valence-electron chi connectivity index (χ2n) is 4.48. The number of carbonyl (C=O) groups excluding carboxylic acids is 1. The topological polar surface area (TPSA) is 55.1 Å². The third-order valence-electron chi connectivity index (χ3n) is 2.83. The van der Waals surface area contributed by atoms with Crippen LogP contribution in [0.1, 0.15) is 29.5 Å². The van der Waals surface area contributed by atoms with Gasteiger partial charge in [-0.1, -0.05) is 11.6 Å². The fourth-order valence-electron chi connectivity index (χ4n) is 1.77. The Balaban J connectivity index is 1.91. The number of nitrogens with zero attached hydrogens (tertiary/aromatic N) is 1. The van der Waals surface area contributed by atoms with E-state index in [-0.39, 0.29) is 16.8 Å². The van der Waals surface area contributed by atoms with Crippen molar-refractivity contribution in [2.24, 2.45) is 0 Å². The van der Waals surface area contributed by atoms with Gasteiger partial charge < -0.3 is 9.73 Å². The number of nitrogens with one attached hydrogen (secondary N) is 1. The van der Waals surface area contributed by atoms with E-state index in [4.69, 9.17) is 16.0 Å². The molecule has 2 aromatic rings. The largest absolute Gasteiger partial charge is 0.469 e. The van der Waals surface area contributed by atoms with Crippen LogP contribution >= 0.6 is 11.6 Å². The molecule has 0 radical (unpaired) electrons. The Morgan fingerprint density at radius 2 is 2.40 bits per heavy atom. The maximum absolute atomic E-state index is 13.1. The average molecular weight is 297 g/mol. The van der Waals surface area contributed by atoms with Gasteiger partial charge >= 0.3 is 0 Å². The molecule has 0 spiro atoms. The lowest BCUT2D eigenvalue weighted by Crippen LogP contribution is -2.33. The molecule has 1 unspecified atom stereocenters. The smallest absolute Gasteiger partial charge is 0.254 e. The van der Waals surface area contributed by atoms with Crippen LogP contribution in [0.15, 0.2) is 35.1 Å². The second-order valence-corrected chi connectivity index (χ2v) is 4.84. The normalized spacial score (nSPS) is 12.2. The third kappa shape index (κ3) is 3.81. The number of amides is 1. The van der Waals surface area contributed by atoms with E-state index in [0.717, 1.165) is 18.0 Å². The van der Waals surface area contributed by atoms with Gasteiger partial charge in [0.05, 0.1) is 18.0 Å². The molecule has 4 nitrogen and oxygen atoms in total. The molecule has 0 aliphatic rings. The first kappa shape index (κ1) is 14.5. The standard InChI is InChI=1S/C14H14ClFN2O2/c1-9(4-5-11-3-2-6-20-11)18-14(19)12-7-10(16)8-17-13(12)15/h2-3,6-9H,4-5H2,1H3,(H,18,19). The summed E-state index contributed by atoms with van der Waals surface area (Å²) >= 11 is 5.78. The number of hydrogen-bond donors (Lipinski definition) is 1. The van der Waals surface area contributed by atoms with E-state index >= 15 is 0 Å². The molecule has 20 heavy (non-hydrogen) atoms. The molecule has 1 N–H and O–H groups in total. The van der Waals surface area contributed by atoms with Crippen molar-refractivity contribution < 1.29 is 13.6 Å². The molecule has 1 amide bonds. The van der Waals surface area contributed by atoms with E-state index in [9.17, 15) is 9.18 Å². The van der Waals surface area contributed by atoms with E-state index in [1.807, 2.05) is 19.1 Å². The molecule has 6 heteroatoms. The van der Waals surface area contributed by atoms with Crippen LogP contribution in [0.5, 0.6) is 0 Å². The molecule has 0 aliphatic carbocycles. The van der Waals surface area contributed by atoms with E-state index in [1.165, 1.54) is 0 Å². The number of hydrogen-bond acceptors (Lipinski definition) is 3. The first-order valence-corrected chi connectivity index (χ1v) is 6.58. The summed E-state index contributed by atoms with van der Waals surface area (Å²) in [6.45, 7) is 1.86. The number of pyridine rings is 1. The van der Waals surface area contributed by atoms with Gasteiger partial charge in [0, 0.05) is 12.5 Å². The lowest BCUT2D eigenvalue weighted by atomic mass is 10.1. The highest BCUT2D eigenvalue weighted by atomic mass is 35.5. The molecule has 0 aliphatic heterocycles. The van der Waals surface area contributed by atoms with Crippen molar-refractivity contribution in [1.82, 2.24) is 10.3 Å². The molecular formula is C14H14ClFN2O2. The number of rotatable bonds is 5. The highest BCUT2D eigenvalue weighted by molar-refractivity contribution is 6.32. The predicted molar refractivity (Wildman–Crippen MR) is 73.2 cm³/mol. The summed E-state index contributed by atoms with van der Waals surface area (Å²) in [5.41, 5.74) is 0.0384. The zero-order valence-corrected chi connectivity index (χ0v) is 11.7. The lowest BCUT2D eigenvalue weighted by molar-refractivity contribution is 0.0937. The molecule has 0 aromatic carbocycles. The van der Waals surface area contributed by atoms with E-state index in [2.05, 4.69) is 10.3 Å². The summed E-state index contributed by atoms with van der Waals surface area (Å²) in [6, 6.07) is 4.68. The van der Waals surface area contributed by atoms with Crippen LogP contribution in [0, 0.1) is 5.82 Å². The van der Waals surface area contributed by atoms with Gasteiger partial charge in [-0.25, -0.2) is 9.37 Å². The molecule has 1 atom stereocenters. The zero-order valence-electron chi connectivity index (χ0n) is 10.9. The number of furan rings is 1. The number of halogens is 2. The Bertz CT molecular complexity index is 587. The lowest BCUT2D eigenvalue weighted by Gasteiger charge is -2.13. The monoisotopic (exact) mass is 296 g/mol. The maximum Gasteiger partial charge on any atom is 0.254 e. The van der Waals surface area contributed by atoms with Crippen LogP contribution < -0.4 is 5.32 Å². The van der Waals surface area contributed by atoms with Crippen LogP contribution in [0.4, 0.5) is 4.39 Å². The molecule has 0 fully saturated rings. The Kier molecular flexibility index (Phi) is 4.74. The molecule has 106 valence electrons. The fourth-order valence-corrected chi connectivity index (χ4v) is 1.96. The van der Waals surface area contributed by atoms with Crippen LogP contribution in [0.25, 0.3) is 0 Å². The molecule has 2 aromatic heterocycles. The highest BCUT2D eigenvalue weighted by Crippen LogP contribution is 2.14. The van der Waals surface area contributed by atoms with E-state index in [1.54, 1.807) is 6.26 Å². The van der Waals surface area contributed by atoms with Gasteiger partial charge in [-0.3, -0.25) is 4.79 Å². The maximum atomic E-state index is 13.1. The quantitative estimate of drug-likeness (QED) is 0.862. The van der Waals surface area contributed by atoms with E-state index < -0.39 is 11.7 Å². The van der Waals surface area contributed by atoms with Gasteiger partial charge in [-0.05, 0) is 31.5 Å². The minimum atomic E-state index is -0.595. The predicted octanol–water partition coefficient (Wildman–Crippen LogP) is 3.22. The van der Waals surface area contributed by atoms with Crippen LogP contribution in [-0.4, -0.2) is 16.9 Å². The van der Waals surface area contributed by atoms with Crippen molar-refractivity contribution in [2.45, 2.75) is 25.8 Å². The molecule has 0 saturated heterocycles. The Hall–Kier alpha value is -1.88. The Morgan fingerprint density at radius 3 is 3.10 bits per heavy atom. The minimum Gasteiger partial charge on any atom is -0.469 e. The summed E-state index contributed by atoms with van der Waals surface area (Å²) in [4.78, 5) is 15.6. The average Bonchev–Trinajstić information content (AvgIpc) is 2.92. The zero-order chi connectivity index (χ0) is 14.5. The van der Waals surface area contributed by atoms with Crippen molar-refractivity contribution in [3.8, 4) is 0 Å². The number of aromatic nitrogens is 1. The summed E-state index contributed by atoms with van der Waals surface area (Å²) in [6.07, 6.45) is 4.00. The van der Waals surface area contributed by atoms with Gasteiger partial charge in [-0.2, -0.15) is 0 Å². The molecule has 0 saturated carbocycles. The second kappa shape index (κ2) is 6.52. The van der Waals surface area contributed by atoms with Crippen LogP contribution in [0.3, 0.4) is 0 Å². The first-order chi connectivity index (χ1) is 9.56. The molecule has 2 rings (SSSR count). The summed E-state index contributed by atoms with van der Waals surface area (Å²) < 4.78 is 18.3. The molecule has 2 heterocycles. The summed E-state index contributed by atoms with van der Waals surface area (Å²) in [7, 11) is 0. The van der Waals surface area contributed by atoms with Crippen LogP contribution in [-0.2, 0) is 6.42 Å². The fraction of sp³-hybridized carbons (Fsp3) is 0.286. The number of carbonyl (C=O) groups is 1. The van der Waals surface area contributed by atoms with E-state index in [0.29, 0.717) is 12.8 Å². The van der Waals surface area contributed by atoms with Crippen molar-refractivity contribution in [3.63, 3.8) is 0 Å². The highest BCUT2D eigenvalue weighted by Gasteiger charge is 2.15. The molecule has 0 bridgehead atoms. The molecular weight excluding hydrogens is 283 g/mol. The van der Waals surface area contributed by atoms with Gasteiger partial charge in [-0.15, -0.1) is 0 Å². The minimum absolute atomic E-state index is 0.0119. The Labute approximate surface area is 121 Å². The van der Waals surface area contributed by atoms with Gasteiger partial charge in [0.1, 0.15) is 16.7 Å². The van der Waals surface area contributed by atoms with Gasteiger partial charge in [0.2, 0.25) is 0 Å². The van der Waals surface area contributed by atoms with Crippen molar-refractivity contribution in [2.75, 3.05) is 0 Å². The third-order valence-corrected chi connectivity index (χ3v) is 3.13. The van der Waals surface area contributed by atoms with Crippen molar-refractivity contribution in [3.05, 3.63) is 53.0 Å².